The van der Waals surface area contributed by atoms with Gasteiger partial charge in [0.2, 0.25) is 5.91 Å². The summed E-state index contributed by atoms with van der Waals surface area (Å²) in [5.41, 5.74) is 2.29. The fourth-order valence-electron chi connectivity index (χ4n) is 2.88. The van der Waals surface area contributed by atoms with Crippen LogP contribution < -0.4 is 10.6 Å². The van der Waals surface area contributed by atoms with Gasteiger partial charge in [-0.15, -0.1) is 24.8 Å². The van der Waals surface area contributed by atoms with Crippen LogP contribution in [0.3, 0.4) is 0 Å². The number of fused-ring (bicyclic) bond motifs is 1. The Bertz CT molecular complexity index is 910. The van der Waals surface area contributed by atoms with Crippen molar-refractivity contribution in [1.82, 2.24) is 30.0 Å². The lowest BCUT2D eigenvalue weighted by Gasteiger charge is -2.14. The molecule has 0 saturated carbocycles. The highest BCUT2D eigenvalue weighted by Crippen LogP contribution is 2.16. The lowest BCUT2D eigenvalue weighted by molar-refractivity contribution is -0.123. The Morgan fingerprint density at radius 3 is 2.67 bits per heavy atom. The Morgan fingerprint density at radius 2 is 2.04 bits per heavy atom. The molecular weight excluding hydrogens is 394 g/mol. The molecule has 1 unspecified atom stereocenters. The van der Waals surface area contributed by atoms with Crippen LogP contribution in [0, 0.1) is 5.82 Å². The molecule has 0 aliphatic heterocycles. The topological polar surface area (TPSA) is 76.8 Å². The highest BCUT2D eigenvalue weighted by atomic mass is 35.5. The molecule has 2 heterocycles. The highest BCUT2D eigenvalue weighted by molar-refractivity contribution is 5.85. The number of imidazole rings is 1. The lowest BCUT2D eigenvalue weighted by Crippen LogP contribution is -2.37. The molecule has 7 nitrogen and oxygen atoms in total. The summed E-state index contributed by atoms with van der Waals surface area (Å²) in [5, 5.41) is 9.99. The van der Waals surface area contributed by atoms with Crippen LogP contribution >= 0.6 is 24.8 Å². The molecule has 0 spiro atoms. The minimum atomic E-state index is -0.455. The number of rotatable bonds is 6. The smallest absolute Gasteiger partial charge is 0.241 e. The second-order valence-electron chi connectivity index (χ2n) is 5.93. The first-order valence-electron chi connectivity index (χ1n) is 8.04. The number of aryl methyl sites for hydroxylation is 2. The number of nitrogens with one attached hydrogen (secondary N) is 2. The number of carbonyl (C=O) groups is 1. The summed E-state index contributed by atoms with van der Waals surface area (Å²) in [6.45, 7) is 0.441. The van der Waals surface area contributed by atoms with Crippen molar-refractivity contribution in [2.75, 3.05) is 13.6 Å². The zero-order chi connectivity index (χ0) is 18.0. The van der Waals surface area contributed by atoms with Crippen molar-refractivity contribution in [3.63, 3.8) is 0 Å². The van der Waals surface area contributed by atoms with Crippen LogP contribution in [-0.2, 0) is 25.3 Å². The second kappa shape index (κ2) is 9.68. The molecule has 1 amide bonds. The third kappa shape index (κ3) is 4.97. The van der Waals surface area contributed by atoms with Crippen LogP contribution in [0.4, 0.5) is 4.39 Å². The third-order valence-electron chi connectivity index (χ3n) is 4.19. The van der Waals surface area contributed by atoms with Gasteiger partial charge in [-0.3, -0.25) is 9.48 Å². The zero-order valence-electron chi connectivity index (χ0n) is 15.3. The van der Waals surface area contributed by atoms with Gasteiger partial charge in [0.05, 0.1) is 17.2 Å². The van der Waals surface area contributed by atoms with Gasteiger partial charge in [-0.1, -0.05) is 0 Å². The van der Waals surface area contributed by atoms with Crippen molar-refractivity contribution >= 4 is 41.8 Å². The predicted molar refractivity (Wildman–Crippen MR) is 107 cm³/mol. The minimum absolute atomic E-state index is 0. The fraction of sp³-hybridized carbons (Fsp3) is 0.353. The molecule has 0 bridgehead atoms. The van der Waals surface area contributed by atoms with Gasteiger partial charge < -0.3 is 15.2 Å². The Kier molecular flexibility index (Phi) is 8.20. The minimum Gasteiger partial charge on any atom is -0.354 e. The van der Waals surface area contributed by atoms with E-state index in [9.17, 15) is 9.18 Å². The van der Waals surface area contributed by atoms with E-state index in [1.54, 1.807) is 30.2 Å². The van der Waals surface area contributed by atoms with Crippen molar-refractivity contribution in [2.24, 2.45) is 14.1 Å². The summed E-state index contributed by atoms with van der Waals surface area (Å²) in [5.74, 6) is 0.363. The molecule has 3 aromatic rings. The number of hydrogen-bond donors (Lipinski definition) is 2. The average molecular weight is 417 g/mol. The summed E-state index contributed by atoms with van der Waals surface area (Å²) < 4.78 is 16.9. The van der Waals surface area contributed by atoms with Crippen molar-refractivity contribution < 1.29 is 9.18 Å². The van der Waals surface area contributed by atoms with Crippen LogP contribution in [0.2, 0.25) is 0 Å². The SMILES string of the molecule is CNC(C(=O)NCCc1nc2cc(F)ccc2n1C)c1cnn(C)c1.Cl.Cl. The summed E-state index contributed by atoms with van der Waals surface area (Å²) in [4.78, 5) is 16.8. The molecule has 0 aliphatic rings. The molecule has 10 heteroatoms. The van der Waals surface area contributed by atoms with Gasteiger partial charge in [-0.05, 0) is 19.2 Å². The van der Waals surface area contributed by atoms with E-state index in [1.807, 2.05) is 18.7 Å². The molecule has 1 atom stereocenters. The fourth-order valence-corrected chi connectivity index (χ4v) is 2.88. The molecule has 0 saturated heterocycles. The van der Waals surface area contributed by atoms with E-state index < -0.39 is 6.04 Å². The van der Waals surface area contributed by atoms with E-state index in [2.05, 4.69) is 20.7 Å². The number of aromatic nitrogens is 4. The molecule has 0 radical (unpaired) electrons. The van der Waals surface area contributed by atoms with Gasteiger partial charge in [-0.2, -0.15) is 5.10 Å². The van der Waals surface area contributed by atoms with E-state index in [1.165, 1.54) is 12.1 Å². The predicted octanol–water partition coefficient (Wildman–Crippen LogP) is 1.91. The molecule has 0 fully saturated rings. The largest absolute Gasteiger partial charge is 0.354 e. The first-order chi connectivity index (χ1) is 12.0. The molecule has 27 heavy (non-hydrogen) atoms. The quantitative estimate of drug-likeness (QED) is 0.643. The normalized spacial score (nSPS) is 11.6. The molecule has 2 aromatic heterocycles. The first-order valence-corrected chi connectivity index (χ1v) is 8.04. The van der Waals surface area contributed by atoms with Gasteiger partial charge >= 0.3 is 0 Å². The second-order valence-corrected chi connectivity index (χ2v) is 5.93. The van der Waals surface area contributed by atoms with Crippen molar-refractivity contribution in [3.8, 4) is 0 Å². The van der Waals surface area contributed by atoms with Crippen LogP contribution in [0.5, 0.6) is 0 Å². The van der Waals surface area contributed by atoms with Crippen LogP contribution in [0.25, 0.3) is 11.0 Å². The lowest BCUT2D eigenvalue weighted by atomic mass is 10.1. The van der Waals surface area contributed by atoms with Crippen LogP contribution in [0.1, 0.15) is 17.4 Å². The molecule has 1 aromatic carbocycles. The van der Waals surface area contributed by atoms with E-state index in [-0.39, 0.29) is 36.5 Å². The summed E-state index contributed by atoms with van der Waals surface area (Å²) in [7, 11) is 5.43. The van der Waals surface area contributed by atoms with E-state index >= 15 is 0 Å². The zero-order valence-corrected chi connectivity index (χ0v) is 16.9. The summed E-state index contributed by atoms with van der Waals surface area (Å²) >= 11 is 0. The van der Waals surface area contributed by atoms with Gasteiger partial charge in [0.1, 0.15) is 17.7 Å². The van der Waals surface area contributed by atoms with Gasteiger partial charge in [-0.25, -0.2) is 9.37 Å². The Hall–Kier alpha value is -2.16. The molecule has 3 rings (SSSR count). The number of amides is 1. The third-order valence-corrected chi connectivity index (χ3v) is 4.19. The first kappa shape index (κ1) is 22.9. The highest BCUT2D eigenvalue weighted by Gasteiger charge is 2.19. The van der Waals surface area contributed by atoms with E-state index in [0.717, 1.165) is 16.9 Å². The Morgan fingerprint density at radius 1 is 1.30 bits per heavy atom. The number of halogens is 3. The molecular formula is C17H23Cl2FN6O. The Labute approximate surface area is 169 Å². The monoisotopic (exact) mass is 416 g/mol. The number of nitrogens with zero attached hydrogens (tertiary/aromatic N) is 4. The maximum atomic E-state index is 13.3. The van der Waals surface area contributed by atoms with E-state index in [0.29, 0.717) is 18.5 Å². The number of benzene rings is 1. The van der Waals surface area contributed by atoms with Crippen molar-refractivity contribution in [1.29, 1.82) is 0 Å². The van der Waals surface area contributed by atoms with Crippen LogP contribution in [0.15, 0.2) is 30.6 Å². The molecule has 0 aliphatic carbocycles. The summed E-state index contributed by atoms with van der Waals surface area (Å²) in [6.07, 6.45) is 4.03. The van der Waals surface area contributed by atoms with Gasteiger partial charge in [0.25, 0.3) is 0 Å². The van der Waals surface area contributed by atoms with Crippen molar-refractivity contribution in [2.45, 2.75) is 12.5 Å². The number of hydrogen-bond acceptors (Lipinski definition) is 4. The van der Waals surface area contributed by atoms with Crippen LogP contribution in [-0.4, -0.2) is 38.8 Å². The Balaban J connectivity index is 0.00000182. The molecule has 148 valence electrons. The van der Waals surface area contributed by atoms with E-state index in [4.69, 9.17) is 0 Å². The maximum Gasteiger partial charge on any atom is 0.241 e. The number of likely N-dealkylation sites (N-methyl/N-ethyl adjacent to an activating group) is 1. The van der Waals surface area contributed by atoms with Gasteiger partial charge in [0.15, 0.2) is 0 Å². The van der Waals surface area contributed by atoms with Gasteiger partial charge in [0, 0.05) is 44.9 Å². The maximum absolute atomic E-state index is 13.3. The standard InChI is InChI=1S/C17H21FN6O.2ClH/c1-19-16(11-9-21-23(2)10-11)17(25)20-7-6-15-22-13-8-12(18)4-5-14(13)24(15)3;;/h4-5,8-10,16,19H,6-7H2,1-3H3,(H,20,25);2*1H. The van der Waals surface area contributed by atoms with Crippen molar-refractivity contribution in [3.05, 3.63) is 47.8 Å². The summed E-state index contributed by atoms with van der Waals surface area (Å²) in [6, 6.07) is 4.08. The number of carbonyl (C=O) groups excluding carboxylic acids is 1. The average Bonchev–Trinajstić information content (AvgIpc) is 3.12. The molecule has 2 N–H and O–H groups in total.